The average Bonchev–Trinajstić information content (AvgIpc) is 2.75. The third-order valence-corrected chi connectivity index (χ3v) is 3.91. The van der Waals surface area contributed by atoms with Crippen LogP contribution in [0.2, 0.25) is 0 Å². The van der Waals surface area contributed by atoms with Crippen molar-refractivity contribution in [3.05, 3.63) is 47.0 Å². The van der Waals surface area contributed by atoms with Crippen molar-refractivity contribution < 1.29 is 27.5 Å². The highest BCUT2D eigenvalue weighted by Crippen LogP contribution is 2.35. The molecule has 0 aliphatic rings. The van der Waals surface area contributed by atoms with Gasteiger partial charge < -0.3 is 5.11 Å². The van der Waals surface area contributed by atoms with E-state index in [9.17, 15) is 22.4 Å². The number of thioether (sulfide) groups is 1. The molecule has 1 N–H and O–H groups in total. The Kier molecular flexibility index (Phi) is 4.66. The predicted molar refractivity (Wildman–Crippen MR) is 71.4 cm³/mol. The molecule has 0 aliphatic heterocycles. The smallest absolute Gasteiger partial charge is 0.436 e. The molecule has 0 amide bonds. The molecule has 2 rings (SSSR count). The first kappa shape index (κ1) is 16.6. The van der Waals surface area contributed by atoms with E-state index in [1.54, 1.807) is 0 Å². The summed E-state index contributed by atoms with van der Waals surface area (Å²) in [5, 5.41) is 12.0. The lowest BCUT2D eigenvalue weighted by Crippen LogP contribution is -2.12. The Balaban J connectivity index is 2.32. The normalized spacial score (nSPS) is 11.7. The zero-order valence-electron chi connectivity index (χ0n) is 10.6. The molecule has 0 aliphatic carbocycles. The van der Waals surface area contributed by atoms with Crippen LogP contribution in [0.4, 0.5) is 17.6 Å². The van der Waals surface area contributed by atoms with Crippen LogP contribution in [0.15, 0.2) is 29.2 Å². The van der Waals surface area contributed by atoms with Crippen LogP contribution in [0.1, 0.15) is 21.7 Å². The number of halogens is 5. The van der Waals surface area contributed by atoms with Gasteiger partial charge in [-0.3, -0.25) is 0 Å². The molecule has 1 aromatic heterocycles. The van der Waals surface area contributed by atoms with Crippen molar-refractivity contribution in [2.75, 3.05) is 0 Å². The molecule has 0 spiro atoms. The predicted octanol–water partition coefficient (Wildman–Crippen LogP) is 4.03. The average molecular weight is 355 g/mol. The Labute approximate surface area is 130 Å². The van der Waals surface area contributed by atoms with Gasteiger partial charge >= 0.3 is 12.1 Å². The topological polar surface area (TPSA) is 55.1 Å². The summed E-state index contributed by atoms with van der Waals surface area (Å²) in [6, 6.07) is 5.19. The lowest BCUT2D eigenvalue weighted by molar-refractivity contribution is -0.141. The van der Waals surface area contributed by atoms with Crippen molar-refractivity contribution in [2.24, 2.45) is 0 Å². The number of carboxylic acid groups (broad SMARTS) is 1. The van der Waals surface area contributed by atoms with Crippen LogP contribution in [-0.4, -0.2) is 20.4 Å². The Morgan fingerprint density at radius 2 is 1.91 bits per heavy atom. The van der Waals surface area contributed by atoms with Crippen molar-refractivity contribution in [2.45, 2.75) is 16.8 Å². The van der Waals surface area contributed by atoms with Crippen molar-refractivity contribution in [3.8, 4) is 0 Å². The van der Waals surface area contributed by atoms with Gasteiger partial charge in [-0.25, -0.2) is 9.18 Å². The summed E-state index contributed by atoms with van der Waals surface area (Å²) in [5.41, 5.74) is -2.84. The number of carboxylic acids is 1. The number of hydrogen-bond acceptors (Lipinski definition) is 3. The van der Waals surface area contributed by atoms with Gasteiger partial charge in [-0.2, -0.15) is 22.5 Å². The van der Waals surface area contributed by atoms with Crippen LogP contribution in [0.3, 0.4) is 0 Å². The third-order valence-electron chi connectivity index (χ3n) is 2.61. The number of carbonyl (C=O) groups is 1. The molecule has 22 heavy (non-hydrogen) atoms. The molecule has 1 heterocycles. The van der Waals surface area contributed by atoms with E-state index in [2.05, 4.69) is 5.10 Å². The SMILES string of the molecule is O=C(O)c1c(C(F)(F)F)nn(Cl)c1CSc1ccc(F)cc1. The third kappa shape index (κ3) is 3.53. The number of rotatable bonds is 4. The van der Waals surface area contributed by atoms with Crippen LogP contribution in [0.25, 0.3) is 0 Å². The van der Waals surface area contributed by atoms with E-state index in [0.29, 0.717) is 9.10 Å². The Bertz CT molecular complexity index is 700. The number of aromatic carboxylic acids is 1. The molecule has 1 aromatic carbocycles. The summed E-state index contributed by atoms with van der Waals surface area (Å²) < 4.78 is 51.4. The minimum Gasteiger partial charge on any atom is -0.478 e. The molecule has 0 saturated carbocycles. The fourth-order valence-electron chi connectivity index (χ4n) is 1.66. The van der Waals surface area contributed by atoms with Crippen LogP contribution in [-0.2, 0) is 11.9 Å². The molecule has 0 bridgehead atoms. The summed E-state index contributed by atoms with van der Waals surface area (Å²) in [6.45, 7) is 0. The van der Waals surface area contributed by atoms with Crippen LogP contribution in [0.5, 0.6) is 0 Å². The highest BCUT2D eigenvalue weighted by atomic mass is 35.5. The van der Waals surface area contributed by atoms with Crippen molar-refractivity contribution in [1.82, 2.24) is 9.30 Å². The van der Waals surface area contributed by atoms with Gasteiger partial charge in [0, 0.05) is 22.4 Å². The van der Waals surface area contributed by atoms with E-state index >= 15 is 0 Å². The number of nitrogens with zero attached hydrogens (tertiary/aromatic N) is 2. The Hall–Kier alpha value is -1.74. The minimum absolute atomic E-state index is 0.167. The maximum absolute atomic E-state index is 12.8. The zero-order valence-corrected chi connectivity index (χ0v) is 12.1. The summed E-state index contributed by atoms with van der Waals surface area (Å²) in [4.78, 5) is 11.6. The van der Waals surface area contributed by atoms with E-state index in [1.807, 2.05) is 0 Å². The molecule has 118 valence electrons. The van der Waals surface area contributed by atoms with Gasteiger partial charge in [0.05, 0.1) is 5.69 Å². The highest BCUT2D eigenvalue weighted by molar-refractivity contribution is 7.98. The molecule has 4 nitrogen and oxygen atoms in total. The summed E-state index contributed by atoms with van der Waals surface area (Å²) >= 11 is 6.57. The van der Waals surface area contributed by atoms with E-state index in [1.165, 1.54) is 24.3 Å². The number of alkyl halides is 3. The molecular weight excluding hydrogens is 348 g/mol. The van der Waals surface area contributed by atoms with Crippen molar-refractivity contribution in [3.63, 3.8) is 0 Å². The molecule has 2 aromatic rings. The minimum atomic E-state index is -4.93. The fourth-order valence-corrected chi connectivity index (χ4v) is 2.85. The lowest BCUT2D eigenvalue weighted by Gasteiger charge is -2.05. The summed E-state index contributed by atoms with van der Waals surface area (Å²) in [5.74, 6) is -2.40. The second-order valence-corrected chi connectivity index (χ2v) is 5.44. The van der Waals surface area contributed by atoms with Gasteiger partial charge in [-0.05, 0) is 24.3 Å². The second-order valence-electron chi connectivity index (χ2n) is 4.08. The van der Waals surface area contributed by atoms with Crippen molar-refractivity contribution in [1.29, 1.82) is 0 Å². The Morgan fingerprint density at radius 3 is 2.41 bits per heavy atom. The van der Waals surface area contributed by atoms with Gasteiger partial charge in [-0.1, -0.05) is 0 Å². The largest absolute Gasteiger partial charge is 0.478 e. The quantitative estimate of drug-likeness (QED) is 0.665. The first-order valence-corrected chi connectivity index (χ1v) is 6.99. The van der Waals surface area contributed by atoms with E-state index in [-0.39, 0.29) is 11.4 Å². The number of aromatic nitrogens is 2. The van der Waals surface area contributed by atoms with Gasteiger partial charge in [-0.15, -0.1) is 11.8 Å². The van der Waals surface area contributed by atoms with Crippen LogP contribution < -0.4 is 0 Å². The van der Waals surface area contributed by atoms with E-state index in [4.69, 9.17) is 16.9 Å². The van der Waals surface area contributed by atoms with Gasteiger partial charge in [0.15, 0.2) is 5.69 Å². The number of benzene rings is 1. The molecular formula is C12H7ClF4N2O2S. The number of hydrogen-bond donors (Lipinski definition) is 1. The maximum atomic E-state index is 12.8. The molecule has 0 atom stereocenters. The van der Waals surface area contributed by atoms with Gasteiger partial charge in [0.25, 0.3) is 0 Å². The first-order chi connectivity index (χ1) is 10.2. The Morgan fingerprint density at radius 1 is 1.32 bits per heavy atom. The first-order valence-electron chi connectivity index (χ1n) is 5.67. The second kappa shape index (κ2) is 6.17. The van der Waals surface area contributed by atoms with Gasteiger partial charge in [0.1, 0.15) is 11.4 Å². The van der Waals surface area contributed by atoms with E-state index in [0.717, 1.165) is 11.8 Å². The van der Waals surface area contributed by atoms with Gasteiger partial charge in [0.2, 0.25) is 0 Å². The molecule has 0 radical (unpaired) electrons. The standard InChI is InChI=1S/C12H7ClF4N2O2S/c13-19-8(5-22-7-3-1-6(14)2-4-7)9(11(20)21)10(18-19)12(15,16)17/h1-4H,5H2,(H,20,21). The summed E-state index contributed by atoms with van der Waals surface area (Å²) in [7, 11) is 0. The van der Waals surface area contributed by atoms with E-state index < -0.39 is 29.2 Å². The molecule has 0 unspecified atom stereocenters. The van der Waals surface area contributed by atoms with Crippen LogP contribution in [0, 0.1) is 5.82 Å². The monoisotopic (exact) mass is 354 g/mol. The fraction of sp³-hybridized carbons (Fsp3) is 0.167. The molecule has 0 saturated heterocycles. The molecule has 0 fully saturated rings. The summed E-state index contributed by atoms with van der Waals surface area (Å²) in [6.07, 6.45) is -4.93. The highest BCUT2D eigenvalue weighted by Gasteiger charge is 2.41. The van der Waals surface area contributed by atoms with Crippen molar-refractivity contribution >= 4 is 29.5 Å². The zero-order chi connectivity index (χ0) is 16.5. The maximum Gasteiger partial charge on any atom is 0.436 e. The van der Waals surface area contributed by atoms with Crippen LogP contribution >= 0.6 is 23.5 Å². The lowest BCUT2D eigenvalue weighted by atomic mass is 10.2. The molecule has 10 heteroatoms.